The lowest BCUT2D eigenvalue weighted by Gasteiger charge is -2.16. The molecule has 0 aliphatic rings. The first-order valence-electron chi connectivity index (χ1n) is 5.16. The second-order valence-corrected chi connectivity index (χ2v) is 3.50. The summed E-state index contributed by atoms with van der Waals surface area (Å²) in [6.45, 7) is 3.70. The summed E-state index contributed by atoms with van der Waals surface area (Å²) in [6.07, 6.45) is 0.358. The molecule has 1 aromatic rings. The van der Waals surface area contributed by atoms with Crippen LogP contribution in [0.3, 0.4) is 0 Å². The van der Waals surface area contributed by atoms with Crippen molar-refractivity contribution in [3.8, 4) is 0 Å². The molecule has 3 heteroatoms. The van der Waals surface area contributed by atoms with Crippen molar-refractivity contribution in [2.45, 2.75) is 32.4 Å². The van der Waals surface area contributed by atoms with Crippen molar-refractivity contribution in [3.05, 3.63) is 35.9 Å². The Hall–Kier alpha value is -1.35. The molecule has 0 aliphatic heterocycles. The fraction of sp³-hybridized carbons (Fsp3) is 0.417. The number of hydrogen-bond acceptors (Lipinski definition) is 3. The molecule has 0 saturated heterocycles. The molecule has 0 fully saturated rings. The Morgan fingerprint density at radius 1 is 1.40 bits per heavy atom. The van der Waals surface area contributed by atoms with Gasteiger partial charge in [0.15, 0.2) is 0 Å². The number of hydrogen-bond donors (Lipinski definition) is 1. The minimum Gasteiger partial charge on any atom is -0.457 e. The van der Waals surface area contributed by atoms with Crippen LogP contribution in [0, 0.1) is 0 Å². The van der Waals surface area contributed by atoms with Gasteiger partial charge in [0.25, 0.3) is 0 Å². The smallest absolute Gasteiger partial charge is 0.323 e. The highest BCUT2D eigenvalue weighted by Crippen LogP contribution is 2.16. The molecule has 82 valence electrons. The van der Waals surface area contributed by atoms with Crippen LogP contribution >= 0.6 is 0 Å². The normalized spacial score (nSPS) is 14.3. The van der Waals surface area contributed by atoms with Crippen molar-refractivity contribution in [2.75, 3.05) is 0 Å². The molecule has 2 atom stereocenters. The summed E-state index contributed by atoms with van der Waals surface area (Å²) in [5, 5.41) is 0. The highest BCUT2D eigenvalue weighted by molar-refractivity contribution is 5.75. The van der Waals surface area contributed by atoms with Crippen molar-refractivity contribution in [1.82, 2.24) is 0 Å². The van der Waals surface area contributed by atoms with Gasteiger partial charge in [-0.25, -0.2) is 0 Å². The number of carbonyl (C=O) groups excluding carboxylic acids is 1. The average molecular weight is 207 g/mol. The van der Waals surface area contributed by atoms with E-state index in [0.29, 0.717) is 6.42 Å². The predicted molar refractivity (Wildman–Crippen MR) is 59.2 cm³/mol. The molecule has 0 bridgehead atoms. The number of benzene rings is 1. The summed E-state index contributed by atoms with van der Waals surface area (Å²) in [6, 6.07) is 9.09. The molecular weight excluding hydrogens is 190 g/mol. The third-order valence-corrected chi connectivity index (χ3v) is 2.30. The second-order valence-electron chi connectivity index (χ2n) is 3.50. The maximum Gasteiger partial charge on any atom is 0.323 e. The van der Waals surface area contributed by atoms with Gasteiger partial charge in [0, 0.05) is 0 Å². The first-order valence-corrected chi connectivity index (χ1v) is 5.16. The van der Waals surface area contributed by atoms with Crippen LogP contribution in [-0.2, 0) is 9.53 Å². The third-order valence-electron chi connectivity index (χ3n) is 2.30. The van der Waals surface area contributed by atoms with E-state index >= 15 is 0 Å². The van der Waals surface area contributed by atoms with Gasteiger partial charge in [-0.1, -0.05) is 37.3 Å². The van der Waals surface area contributed by atoms with E-state index in [9.17, 15) is 4.79 Å². The van der Waals surface area contributed by atoms with Crippen LogP contribution in [0.25, 0.3) is 0 Å². The monoisotopic (exact) mass is 207 g/mol. The van der Waals surface area contributed by atoms with Crippen LogP contribution in [0.2, 0.25) is 0 Å². The number of rotatable bonds is 4. The van der Waals surface area contributed by atoms with Gasteiger partial charge in [0.05, 0.1) is 0 Å². The zero-order valence-electron chi connectivity index (χ0n) is 9.14. The number of nitrogens with two attached hydrogens (primary N) is 1. The van der Waals surface area contributed by atoms with E-state index in [1.807, 2.05) is 44.2 Å². The highest BCUT2D eigenvalue weighted by Gasteiger charge is 2.16. The first kappa shape index (κ1) is 11.7. The minimum absolute atomic E-state index is 0.240. The molecule has 1 rings (SSSR count). The Balaban J connectivity index is 2.56. The molecule has 0 heterocycles. The predicted octanol–water partition coefficient (Wildman–Crippen LogP) is 2.03. The lowest BCUT2D eigenvalue weighted by atomic mass is 10.1. The summed E-state index contributed by atoms with van der Waals surface area (Å²) < 4.78 is 5.23. The zero-order valence-corrected chi connectivity index (χ0v) is 9.14. The molecule has 0 saturated carbocycles. The maximum atomic E-state index is 11.4. The number of ether oxygens (including phenoxy) is 1. The molecule has 1 aromatic carbocycles. The summed E-state index contributed by atoms with van der Waals surface area (Å²) >= 11 is 0. The van der Waals surface area contributed by atoms with Crippen LogP contribution in [0.15, 0.2) is 30.3 Å². The van der Waals surface area contributed by atoms with E-state index in [1.54, 1.807) is 0 Å². The second kappa shape index (κ2) is 5.51. The fourth-order valence-electron chi connectivity index (χ4n) is 1.22. The zero-order chi connectivity index (χ0) is 11.3. The Bertz CT molecular complexity index is 311. The van der Waals surface area contributed by atoms with Crippen molar-refractivity contribution in [3.63, 3.8) is 0 Å². The van der Waals surface area contributed by atoms with Crippen molar-refractivity contribution >= 4 is 5.97 Å². The van der Waals surface area contributed by atoms with Gasteiger partial charge < -0.3 is 10.5 Å². The van der Waals surface area contributed by atoms with Gasteiger partial charge in [-0.15, -0.1) is 0 Å². The van der Waals surface area contributed by atoms with E-state index in [0.717, 1.165) is 5.56 Å². The Morgan fingerprint density at radius 2 is 2.00 bits per heavy atom. The molecule has 2 unspecified atom stereocenters. The van der Waals surface area contributed by atoms with E-state index in [2.05, 4.69) is 0 Å². The third kappa shape index (κ3) is 3.36. The topological polar surface area (TPSA) is 52.3 Å². The van der Waals surface area contributed by atoms with Gasteiger partial charge in [-0.05, 0) is 18.9 Å². The Labute approximate surface area is 90.2 Å². The number of carbonyl (C=O) groups is 1. The van der Waals surface area contributed by atoms with Gasteiger partial charge >= 0.3 is 5.97 Å². The van der Waals surface area contributed by atoms with Gasteiger partial charge in [-0.3, -0.25) is 4.79 Å². The standard InChI is InChI=1S/C12H17NO2/c1-3-11(13)12(14)15-9(2)10-7-5-4-6-8-10/h4-9,11H,3,13H2,1-2H3. The van der Waals surface area contributed by atoms with Gasteiger partial charge in [0.1, 0.15) is 12.1 Å². The quantitative estimate of drug-likeness (QED) is 0.768. The van der Waals surface area contributed by atoms with Crippen LogP contribution in [0.4, 0.5) is 0 Å². The molecule has 0 spiro atoms. The van der Waals surface area contributed by atoms with E-state index in [1.165, 1.54) is 0 Å². The maximum absolute atomic E-state index is 11.4. The van der Waals surface area contributed by atoms with Crippen molar-refractivity contribution in [2.24, 2.45) is 5.73 Å². The largest absolute Gasteiger partial charge is 0.457 e. The van der Waals surface area contributed by atoms with Crippen LogP contribution in [-0.4, -0.2) is 12.0 Å². The lowest BCUT2D eigenvalue weighted by Crippen LogP contribution is -2.32. The molecule has 3 nitrogen and oxygen atoms in total. The molecular formula is C12H17NO2. The average Bonchev–Trinajstić information content (AvgIpc) is 2.29. The molecule has 0 amide bonds. The SMILES string of the molecule is CCC(N)C(=O)OC(C)c1ccccc1. The molecule has 0 aliphatic carbocycles. The first-order chi connectivity index (χ1) is 7.15. The van der Waals surface area contributed by atoms with Gasteiger partial charge in [0.2, 0.25) is 0 Å². The van der Waals surface area contributed by atoms with Crippen LogP contribution in [0.1, 0.15) is 31.9 Å². The van der Waals surface area contributed by atoms with Crippen molar-refractivity contribution in [1.29, 1.82) is 0 Å². The lowest BCUT2D eigenvalue weighted by molar-refractivity contribution is -0.150. The summed E-state index contributed by atoms with van der Waals surface area (Å²) in [4.78, 5) is 11.4. The van der Waals surface area contributed by atoms with Crippen LogP contribution in [0.5, 0.6) is 0 Å². The van der Waals surface area contributed by atoms with E-state index in [4.69, 9.17) is 10.5 Å². The van der Waals surface area contributed by atoms with Gasteiger partial charge in [-0.2, -0.15) is 0 Å². The van der Waals surface area contributed by atoms with Crippen LogP contribution < -0.4 is 5.73 Å². The van der Waals surface area contributed by atoms with Crippen molar-refractivity contribution < 1.29 is 9.53 Å². The van der Waals surface area contributed by atoms with E-state index in [-0.39, 0.29) is 12.1 Å². The summed E-state index contributed by atoms with van der Waals surface area (Å²) in [7, 11) is 0. The molecule has 0 aromatic heterocycles. The number of esters is 1. The highest BCUT2D eigenvalue weighted by atomic mass is 16.5. The molecule has 0 radical (unpaired) electrons. The summed E-state index contributed by atoms with van der Waals surface area (Å²) in [5.74, 6) is -0.339. The molecule has 2 N–H and O–H groups in total. The minimum atomic E-state index is -0.517. The summed E-state index contributed by atoms with van der Waals surface area (Å²) in [5.41, 5.74) is 6.55. The van der Waals surface area contributed by atoms with E-state index < -0.39 is 6.04 Å². The molecule has 15 heavy (non-hydrogen) atoms. The fourth-order valence-corrected chi connectivity index (χ4v) is 1.22. The Morgan fingerprint density at radius 3 is 2.53 bits per heavy atom. The Kier molecular flexibility index (Phi) is 4.31.